The summed E-state index contributed by atoms with van der Waals surface area (Å²) in [5.74, 6) is 5.38. The minimum absolute atomic E-state index is 0.102. The Morgan fingerprint density at radius 1 is 1.18 bits per heavy atom. The molecule has 1 unspecified atom stereocenters. The Bertz CT molecular complexity index is 349. The predicted molar refractivity (Wildman–Crippen MR) is 58.0 cm³/mol. The van der Waals surface area contributed by atoms with Crippen molar-refractivity contribution in [1.82, 2.24) is 5.43 Å². The van der Waals surface area contributed by atoms with Gasteiger partial charge in [0.15, 0.2) is 0 Å². The second kappa shape index (κ2) is 5.37. The van der Waals surface area contributed by atoms with Gasteiger partial charge in [-0.1, -0.05) is 26.0 Å². The predicted octanol–water partition coefficient (Wildman–Crippen LogP) is 2.75. The van der Waals surface area contributed by atoms with E-state index in [1.165, 1.54) is 12.1 Å². The summed E-state index contributed by atoms with van der Waals surface area (Å²) in [6.45, 7) is 3.93. The van der Waals surface area contributed by atoms with Crippen molar-refractivity contribution in [2.24, 2.45) is 11.8 Å². The number of alkyl halides is 3. The summed E-state index contributed by atoms with van der Waals surface area (Å²) >= 11 is 0. The fraction of sp³-hybridized carbons (Fsp3) is 0.455. The number of nitrogens with two attached hydrogens (primary N) is 1. The van der Waals surface area contributed by atoms with Crippen molar-refractivity contribution in [2.45, 2.75) is 26.3 Å². The van der Waals surface area contributed by atoms with Crippen LogP contribution in [0.2, 0.25) is 0 Å². The smallest absolute Gasteiger partial charge is 0.406 e. The monoisotopic (exact) mass is 248 g/mol. The van der Waals surface area contributed by atoms with Crippen molar-refractivity contribution < 1.29 is 17.9 Å². The molecular weight excluding hydrogens is 233 g/mol. The van der Waals surface area contributed by atoms with Crippen molar-refractivity contribution in [3.8, 4) is 5.75 Å². The summed E-state index contributed by atoms with van der Waals surface area (Å²) in [5.41, 5.74) is 3.44. The Balaban J connectivity index is 2.80. The molecular formula is C11H15F3N2O. The molecule has 0 saturated heterocycles. The Morgan fingerprint density at radius 3 is 2.06 bits per heavy atom. The van der Waals surface area contributed by atoms with Gasteiger partial charge in [0, 0.05) is 6.04 Å². The average Bonchev–Trinajstić information content (AvgIpc) is 2.18. The van der Waals surface area contributed by atoms with Crippen LogP contribution in [0.1, 0.15) is 25.5 Å². The van der Waals surface area contributed by atoms with Gasteiger partial charge in [0.25, 0.3) is 0 Å². The van der Waals surface area contributed by atoms with Gasteiger partial charge < -0.3 is 4.74 Å². The first kappa shape index (κ1) is 13.8. The Hall–Kier alpha value is -1.27. The molecule has 0 fully saturated rings. The third kappa shape index (κ3) is 4.24. The first-order valence-electron chi connectivity index (χ1n) is 5.15. The van der Waals surface area contributed by atoms with Crippen LogP contribution in [0, 0.1) is 5.92 Å². The van der Waals surface area contributed by atoms with E-state index in [9.17, 15) is 13.2 Å². The van der Waals surface area contributed by atoms with Crippen LogP contribution >= 0.6 is 0 Å². The van der Waals surface area contributed by atoms with Crippen LogP contribution in [0.3, 0.4) is 0 Å². The van der Waals surface area contributed by atoms with E-state index >= 15 is 0 Å². The Kier molecular flexibility index (Phi) is 4.36. The van der Waals surface area contributed by atoms with E-state index in [1.807, 2.05) is 13.8 Å². The number of hydrogen-bond acceptors (Lipinski definition) is 3. The molecule has 0 aliphatic rings. The molecule has 96 valence electrons. The summed E-state index contributed by atoms with van der Waals surface area (Å²) < 4.78 is 39.6. The zero-order valence-corrected chi connectivity index (χ0v) is 9.58. The molecule has 3 N–H and O–H groups in total. The van der Waals surface area contributed by atoms with Crippen LogP contribution in [0.25, 0.3) is 0 Å². The first-order valence-corrected chi connectivity index (χ1v) is 5.15. The van der Waals surface area contributed by atoms with Crippen molar-refractivity contribution in [3.05, 3.63) is 29.8 Å². The van der Waals surface area contributed by atoms with Gasteiger partial charge in [0.05, 0.1) is 0 Å². The average molecular weight is 248 g/mol. The SMILES string of the molecule is CC(C)C(NN)c1ccc(OC(F)(F)F)cc1. The van der Waals surface area contributed by atoms with Gasteiger partial charge in [-0.15, -0.1) is 13.2 Å². The van der Waals surface area contributed by atoms with E-state index in [-0.39, 0.29) is 17.7 Å². The highest BCUT2D eigenvalue weighted by molar-refractivity contribution is 5.29. The summed E-state index contributed by atoms with van der Waals surface area (Å²) in [7, 11) is 0. The summed E-state index contributed by atoms with van der Waals surface area (Å²) in [4.78, 5) is 0. The molecule has 0 saturated carbocycles. The van der Waals surface area contributed by atoms with Crippen molar-refractivity contribution in [3.63, 3.8) is 0 Å². The highest BCUT2D eigenvalue weighted by atomic mass is 19.4. The number of rotatable bonds is 4. The second-order valence-corrected chi connectivity index (χ2v) is 4.01. The van der Waals surface area contributed by atoms with Gasteiger partial charge in [-0.25, -0.2) is 0 Å². The van der Waals surface area contributed by atoms with Crippen molar-refractivity contribution >= 4 is 0 Å². The maximum Gasteiger partial charge on any atom is 0.573 e. The third-order valence-electron chi connectivity index (χ3n) is 2.32. The minimum atomic E-state index is -4.66. The fourth-order valence-corrected chi connectivity index (χ4v) is 1.55. The standard InChI is InChI=1S/C11H15F3N2O/c1-7(2)10(16-15)8-3-5-9(6-4-8)17-11(12,13)14/h3-7,10,16H,15H2,1-2H3. The van der Waals surface area contributed by atoms with Crippen LogP contribution in [0.4, 0.5) is 13.2 Å². The lowest BCUT2D eigenvalue weighted by molar-refractivity contribution is -0.274. The molecule has 0 heterocycles. The van der Waals surface area contributed by atoms with Crippen LogP contribution in [0.5, 0.6) is 5.75 Å². The van der Waals surface area contributed by atoms with Crippen LogP contribution < -0.4 is 16.0 Å². The second-order valence-electron chi connectivity index (χ2n) is 4.01. The van der Waals surface area contributed by atoms with Crippen LogP contribution in [0.15, 0.2) is 24.3 Å². The molecule has 0 amide bonds. The van der Waals surface area contributed by atoms with E-state index < -0.39 is 6.36 Å². The zero-order valence-electron chi connectivity index (χ0n) is 9.58. The van der Waals surface area contributed by atoms with Gasteiger partial charge in [0.1, 0.15) is 5.75 Å². The van der Waals surface area contributed by atoms with Gasteiger partial charge in [0.2, 0.25) is 0 Å². The molecule has 3 nitrogen and oxygen atoms in total. The van der Waals surface area contributed by atoms with E-state index in [2.05, 4.69) is 10.2 Å². The lowest BCUT2D eigenvalue weighted by Crippen LogP contribution is -2.31. The van der Waals surface area contributed by atoms with E-state index in [0.717, 1.165) is 5.56 Å². The molecule has 17 heavy (non-hydrogen) atoms. The van der Waals surface area contributed by atoms with Gasteiger partial charge in [-0.3, -0.25) is 11.3 Å². The molecule has 1 atom stereocenters. The number of halogens is 3. The molecule has 0 bridgehead atoms. The van der Waals surface area contributed by atoms with E-state index in [0.29, 0.717) is 0 Å². The lowest BCUT2D eigenvalue weighted by atomic mass is 9.97. The molecule has 1 rings (SSSR count). The molecule has 1 aromatic rings. The maximum absolute atomic E-state index is 11.9. The normalized spacial score (nSPS) is 13.8. The molecule has 0 aliphatic heterocycles. The van der Waals surface area contributed by atoms with E-state index in [1.54, 1.807) is 12.1 Å². The fourth-order valence-electron chi connectivity index (χ4n) is 1.55. The zero-order chi connectivity index (χ0) is 13.1. The highest BCUT2D eigenvalue weighted by Gasteiger charge is 2.31. The molecule has 0 radical (unpaired) electrons. The molecule has 1 aromatic carbocycles. The maximum atomic E-state index is 11.9. The topological polar surface area (TPSA) is 47.3 Å². The quantitative estimate of drug-likeness (QED) is 0.636. The lowest BCUT2D eigenvalue weighted by Gasteiger charge is -2.20. The van der Waals surface area contributed by atoms with Gasteiger partial charge in [-0.2, -0.15) is 0 Å². The van der Waals surface area contributed by atoms with Gasteiger partial charge >= 0.3 is 6.36 Å². The van der Waals surface area contributed by atoms with Crippen molar-refractivity contribution in [2.75, 3.05) is 0 Å². The van der Waals surface area contributed by atoms with Gasteiger partial charge in [-0.05, 0) is 23.6 Å². The molecule has 6 heteroatoms. The van der Waals surface area contributed by atoms with Crippen molar-refractivity contribution in [1.29, 1.82) is 0 Å². The van der Waals surface area contributed by atoms with E-state index in [4.69, 9.17) is 5.84 Å². The number of ether oxygens (including phenoxy) is 1. The first-order chi connectivity index (χ1) is 7.83. The summed E-state index contributed by atoms with van der Waals surface area (Å²) in [6.07, 6.45) is -4.66. The largest absolute Gasteiger partial charge is 0.573 e. The summed E-state index contributed by atoms with van der Waals surface area (Å²) in [5, 5.41) is 0. The number of hydrazine groups is 1. The number of nitrogens with one attached hydrogen (secondary N) is 1. The Morgan fingerprint density at radius 2 is 1.71 bits per heavy atom. The van der Waals surface area contributed by atoms with Crippen LogP contribution in [-0.2, 0) is 0 Å². The number of hydrogen-bond donors (Lipinski definition) is 2. The molecule has 0 aliphatic carbocycles. The highest BCUT2D eigenvalue weighted by Crippen LogP contribution is 2.26. The summed E-state index contributed by atoms with van der Waals surface area (Å²) in [6, 6.07) is 5.57. The third-order valence-corrected chi connectivity index (χ3v) is 2.32. The Labute approximate surface area is 97.7 Å². The molecule has 0 aromatic heterocycles. The number of benzene rings is 1. The van der Waals surface area contributed by atoms with Crippen LogP contribution in [-0.4, -0.2) is 6.36 Å². The molecule has 0 spiro atoms. The minimum Gasteiger partial charge on any atom is -0.406 e.